The van der Waals surface area contributed by atoms with E-state index in [4.69, 9.17) is 0 Å². The molecule has 11 aromatic rings. The summed E-state index contributed by atoms with van der Waals surface area (Å²) < 4.78 is 2.44. The van der Waals surface area contributed by atoms with Gasteiger partial charge in [-0.3, -0.25) is 0 Å². The Kier molecular flexibility index (Phi) is 11.3. The average molecular weight is 981 g/mol. The number of para-hydroxylation sites is 4. The molecule has 0 aliphatic heterocycles. The van der Waals surface area contributed by atoms with Crippen LogP contribution >= 0.6 is 0 Å². The number of aromatic nitrogens is 1. The molecular weight excluding hydrogens is 917 g/mol. The molecule has 10 aromatic carbocycles. The highest BCUT2D eigenvalue weighted by Crippen LogP contribution is 2.58. The molecule has 0 bridgehead atoms. The van der Waals surface area contributed by atoms with Crippen LogP contribution in [0.2, 0.25) is 0 Å². The second-order valence-electron chi connectivity index (χ2n) is 23.3. The van der Waals surface area contributed by atoms with Crippen LogP contribution in [0.5, 0.6) is 0 Å². The summed E-state index contributed by atoms with van der Waals surface area (Å²) in [4.78, 5) is 2.57. The first-order valence-corrected chi connectivity index (χ1v) is 27.2. The van der Waals surface area contributed by atoms with Crippen molar-refractivity contribution in [2.24, 2.45) is 0 Å². The average Bonchev–Trinajstić information content (AvgIpc) is 4.15. The monoisotopic (exact) mass is 981 g/mol. The molecule has 0 fully saturated rings. The van der Waals surface area contributed by atoms with Crippen LogP contribution in [0.4, 0.5) is 17.1 Å². The van der Waals surface area contributed by atoms with Crippen molar-refractivity contribution >= 4 is 49.6 Å². The van der Waals surface area contributed by atoms with E-state index in [-0.39, 0.29) is 16.2 Å². The summed E-state index contributed by atoms with van der Waals surface area (Å²) in [5.74, 6) is 0. The van der Waals surface area contributed by atoms with Crippen molar-refractivity contribution in [3.63, 3.8) is 0 Å². The molecule has 2 aliphatic rings. The molecule has 2 heteroatoms. The van der Waals surface area contributed by atoms with Gasteiger partial charge >= 0.3 is 0 Å². The van der Waals surface area contributed by atoms with Crippen LogP contribution in [0.1, 0.15) is 83.6 Å². The van der Waals surface area contributed by atoms with Gasteiger partial charge in [-0.05, 0) is 134 Å². The highest BCUT2D eigenvalue weighted by atomic mass is 15.1. The van der Waals surface area contributed by atoms with Gasteiger partial charge < -0.3 is 9.47 Å². The number of fused-ring (bicyclic) bond motifs is 7. The van der Waals surface area contributed by atoms with Crippen molar-refractivity contribution in [2.45, 2.75) is 77.6 Å². The number of nitrogens with zero attached hydrogens (tertiary/aromatic N) is 2. The molecule has 1 atom stereocenters. The van der Waals surface area contributed by atoms with Crippen LogP contribution in [0.25, 0.3) is 82.8 Å². The van der Waals surface area contributed by atoms with Crippen LogP contribution < -0.4 is 4.90 Å². The van der Waals surface area contributed by atoms with Gasteiger partial charge in [0.25, 0.3) is 0 Å². The molecule has 0 amide bonds. The molecule has 0 N–H and O–H groups in total. The van der Waals surface area contributed by atoms with Crippen molar-refractivity contribution in [1.29, 1.82) is 0 Å². The molecule has 0 saturated carbocycles. The predicted octanol–water partition coefficient (Wildman–Crippen LogP) is 20.6. The van der Waals surface area contributed by atoms with E-state index in [1.807, 2.05) is 0 Å². The van der Waals surface area contributed by atoms with E-state index in [1.165, 1.54) is 111 Å². The highest BCUT2D eigenvalue weighted by Gasteiger charge is 2.43. The Balaban J connectivity index is 1.06. The third-order valence-electron chi connectivity index (χ3n) is 16.7. The third kappa shape index (κ3) is 7.68. The van der Waals surface area contributed by atoms with E-state index in [2.05, 4.69) is 295 Å². The van der Waals surface area contributed by atoms with E-state index in [0.29, 0.717) is 0 Å². The summed E-state index contributed by atoms with van der Waals surface area (Å²) in [7, 11) is 0. The number of benzene rings is 10. The molecule has 1 heterocycles. The molecule has 0 saturated heterocycles. The molecule has 370 valence electrons. The molecule has 1 aromatic heterocycles. The van der Waals surface area contributed by atoms with E-state index >= 15 is 0 Å². The van der Waals surface area contributed by atoms with Crippen molar-refractivity contribution in [3.05, 3.63) is 264 Å². The second kappa shape index (κ2) is 18.1. The van der Waals surface area contributed by atoms with E-state index in [1.54, 1.807) is 0 Å². The maximum absolute atomic E-state index is 2.57. The Morgan fingerprint density at radius 3 is 1.80 bits per heavy atom. The molecule has 0 spiro atoms. The quantitative estimate of drug-likeness (QED) is 0.147. The van der Waals surface area contributed by atoms with Crippen LogP contribution in [-0.2, 0) is 16.2 Å². The zero-order valence-corrected chi connectivity index (χ0v) is 44.8. The molecule has 2 aliphatic carbocycles. The fourth-order valence-corrected chi connectivity index (χ4v) is 12.7. The van der Waals surface area contributed by atoms with Gasteiger partial charge in [0.2, 0.25) is 0 Å². The number of hydrogen-bond donors (Lipinski definition) is 0. The predicted molar refractivity (Wildman–Crippen MR) is 325 cm³/mol. The first kappa shape index (κ1) is 47.3. The normalized spacial score (nSPS) is 15.3. The smallest absolute Gasteiger partial charge is 0.0619 e. The summed E-state index contributed by atoms with van der Waals surface area (Å²) in [6.07, 6.45) is 9.04. The maximum Gasteiger partial charge on any atom is 0.0619 e. The van der Waals surface area contributed by atoms with Gasteiger partial charge in [-0.25, -0.2) is 0 Å². The molecule has 76 heavy (non-hydrogen) atoms. The number of rotatable bonds is 8. The Morgan fingerprint density at radius 1 is 0.474 bits per heavy atom. The van der Waals surface area contributed by atoms with Gasteiger partial charge in [-0.1, -0.05) is 241 Å². The standard InChI is InChI=1S/C74H64N2/c1-72(2,3)53-46-51(47-54(48-53)73(4,5)6)57-33-20-24-50-25-21-35-61(69(50)57)59-30-15-18-39-66(59)75(68-41-23-38-65-70(68)63-32-14-17-37-64(63)74(65,7)52-26-10-8-11-27-52)56-44-42-49(43-45-56)58-34-22-36-62-60-31-16-19-40-67(60)76(71(58)62)55-28-12-9-13-29-55/h8-10,12-26,28-48H,11,27H2,1-7H3. The summed E-state index contributed by atoms with van der Waals surface area (Å²) >= 11 is 0. The van der Waals surface area contributed by atoms with Crippen molar-refractivity contribution in [2.75, 3.05) is 4.90 Å². The summed E-state index contributed by atoms with van der Waals surface area (Å²) in [5.41, 5.74) is 23.4. The third-order valence-corrected chi connectivity index (χ3v) is 16.7. The van der Waals surface area contributed by atoms with E-state index in [9.17, 15) is 0 Å². The van der Waals surface area contributed by atoms with Crippen molar-refractivity contribution in [1.82, 2.24) is 4.57 Å². The number of hydrogen-bond acceptors (Lipinski definition) is 1. The zero-order chi connectivity index (χ0) is 51.9. The minimum Gasteiger partial charge on any atom is -0.309 e. The molecule has 0 radical (unpaired) electrons. The summed E-state index contributed by atoms with van der Waals surface area (Å²) in [5, 5.41) is 4.98. The first-order chi connectivity index (χ1) is 36.9. The van der Waals surface area contributed by atoms with Gasteiger partial charge in [0.05, 0.1) is 22.4 Å². The largest absolute Gasteiger partial charge is 0.309 e. The Labute approximate surface area is 449 Å². The highest BCUT2D eigenvalue weighted by molar-refractivity contribution is 6.14. The van der Waals surface area contributed by atoms with Gasteiger partial charge in [0, 0.05) is 44.3 Å². The Morgan fingerprint density at radius 2 is 1.07 bits per heavy atom. The van der Waals surface area contributed by atoms with Gasteiger partial charge in [0.15, 0.2) is 0 Å². The fourth-order valence-electron chi connectivity index (χ4n) is 12.7. The summed E-state index contributed by atoms with van der Waals surface area (Å²) in [6, 6.07) is 82.2. The minimum absolute atomic E-state index is 0.0201. The van der Waals surface area contributed by atoms with Gasteiger partial charge in [-0.15, -0.1) is 0 Å². The maximum atomic E-state index is 2.57. The van der Waals surface area contributed by atoms with Gasteiger partial charge in [-0.2, -0.15) is 0 Å². The molecular formula is C74H64N2. The minimum atomic E-state index is -0.282. The lowest BCUT2D eigenvalue weighted by Gasteiger charge is -2.33. The van der Waals surface area contributed by atoms with Crippen molar-refractivity contribution < 1.29 is 0 Å². The number of allylic oxidation sites excluding steroid dienone is 4. The SMILES string of the molecule is CC(C)(C)c1cc(-c2cccc3cccc(-c4ccccc4N(c4ccc(-c5cccc6c7ccccc7n(-c7ccccc7)c56)cc4)c4cccc5c4-c4ccccc4C5(C)C4=CC=CCC4)c23)cc(C(C)(C)C)c1. The van der Waals surface area contributed by atoms with Crippen LogP contribution in [0.15, 0.2) is 242 Å². The lowest BCUT2D eigenvalue weighted by molar-refractivity contribution is 0.569. The van der Waals surface area contributed by atoms with Gasteiger partial charge in [0.1, 0.15) is 0 Å². The zero-order valence-electron chi connectivity index (χ0n) is 44.8. The first-order valence-electron chi connectivity index (χ1n) is 27.2. The Bertz CT molecular complexity index is 4090. The van der Waals surface area contributed by atoms with E-state index in [0.717, 1.165) is 29.9 Å². The Hall–Kier alpha value is -8.46. The number of anilines is 3. The van der Waals surface area contributed by atoms with E-state index < -0.39 is 0 Å². The lowest BCUT2D eigenvalue weighted by Crippen LogP contribution is -2.24. The van der Waals surface area contributed by atoms with Crippen LogP contribution in [0.3, 0.4) is 0 Å². The topological polar surface area (TPSA) is 8.17 Å². The molecule has 2 nitrogen and oxygen atoms in total. The molecule has 1 unspecified atom stereocenters. The van der Waals surface area contributed by atoms with Crippen LogP contribution in [0, 0.1) is 0 Å². The fraction of sp³-hybridized carbons (Fsp3) is 0.162. The molecule has 13 rings (SSSR count). The summed E-state index contributed by atoms with van der Waals surface area (Å²) in [6.45, 7) is 16.5. The lowest BCUT2D eigenvalue weighted by atomic mass is 9.71. The van der Waals surface area contributed by atoms with Crippen LogP contribution in [-0.4, -0.2) is 4.57 Å². The van der Waals surface area contributed by atoms with Crippen molar-refractivity contribution in [3.8, 4) is 50.2 Å². The second-order valence-corrected chi connectivity index (χ2v) is 23.3.